The molecule has 0 amide bonds. The number of nitrogens with zero attached hydrogens (tertiary/aromatic N) is 3. The van der Waals surface area contributed by atoms with Crippen molar-refractivity contribution in [3.8, 4) is 0 Å². The molecule has 6 heteroatoms. The summed E-state index contributed by atoms with van der Waals surface area (Å²) < 4.78 is 2.17. The maximum atomic E-state index is 10.4. The minimum absolute atomic E-state index is 0.477. The minimum Gasteiger partial charge on any atom is -0.382 e. The first-order valence-corrected chi connectivity index (χ1v) is 6.12. The number of hydrogen-bond acceptors (Lipinski definition) is 4. The third-order valence-corrected chi connectivity index (χ3v) is 2.85. The van der Waals surface area contributed by atoms with Crippen LogP contribution in [0.3, 0.4) is 0 Å². The van der Waals surface area contributed by atoms with E-state index in [2.05, 4.69) is 45.4 Å². The molecule has 0 saturated carbocycles. The van der Waals surface area contributed by atoms with Crippen LogP contribution in [-0.2, 0) is 12.6 Å². The van der Waals surface area contributed by atoms with Gasteiger partial charge in [-0.1, -0.05) is 19.1 Å². The van der Waals surface area contributed by atoms with Crippen LogP contribution in [0, 0.1) is 5.92 Å². The van der Waals surface area contributed by atoms with Gasteiger partial charge in [-0.15, -0.1) is 5.10 Å². The van der Waals surface area contributed by atoms with E-state index in [0.29, 0.717) is 22.8 Å². The van der Waals surface area contributed by atoms with E-state index in [1.54, 1.807) is 18.7 Å². The van der Waals surface area contributed by atoms with Crippen LogP contribution in [-0.4, -0.2) is 33.2 Å². The molecule has 0 radical (unpaired) electrons. The molecule has 1 rings (SSSR count). The topological polar surface area (TPSA) is 63.0 Å². The Bertz CT molecular complexity index is 329. The maximum absolute atomic E-state index is 10.4. The van der Waals surface area contributed by atoms with Crippen molar-refractivity contribution in [2.45, 2.75) is 26.4 Å². The average molecular weight is 291 g/mol. The highest BCUT2D eigenvalue weighted by Crippen LogP contribution is 2.25. The number of halogens is 1. The van der Waals surface area contributed by atoms with E-state index >= 15 is 0 Å². The van der Waals surface area contributed by atoms with Crippen LogP contribution in [0.15, 0.2) is 4.60 Å². The van der Waals surface area contributed by atoms with Crippen LogP contribution in [0.5, 0.6) is 0 Å². The van der Waals surface area contributed by atoms with Gasteiger partial charge in [0.25, 0.3) is 0 Å². The summed E-state index contributed by atoms with van der Waals surface area (Å²) in [4.78, 5) is 0. The zero-order valence-corrected chi connectivity index (χ0v) is 11.7. The number of rotatable bonds is 5. The Balaban J connectivity index is 2.70. The van der Waals surface area contributed by atoms with Gasteiger partial charge in [-0.05, 0) is 35.3 Å². The van der Waals surface area contributed by atoms with E-state index in [1.165, 1.54) is 0 Å². The summed E-state index contributed by atoms with van der Waals surface area (Å²) in [6.45, 7) is 7.36. The molecule has 1 aromatic heterocycles. The molecule has 1 unspecified atom stereocenters. The van der Waals surface area contributed by atoms with E-state index < -0.39 is 5.60 Å². The van der Waals surface area contributed by atoms with Crippen LogP contribution in [0.25, 0.3) is 0 Å². The molecule has 1 heterocycles. The summed E-state index contributed by atoms with van der Waals surface area (Å²) in [6.07, 6.45) is 0. The van der Waals surface area contributed by atoms with E-state index in [0.717, 1.165) is 6.54 Å². The first-order valence-electron chi connectivity index (χ1n) is 5.33. The van der Waals surface area contributed by atoms with Crippen LogP contribution in [0.4, 0.5) is 0 Å². The van der Waals surface area contributed by atoms with Crippen molar-refractivity contribution in [1.29, 1.82) is 0 Å². The third kappa shape index (κ3) is 3.26. The van der Waals surface area contributed by atoms with Gasteiger partial charge in [-0.25, -0.2) is 4.68 Å². The average Bonchev–Trinajstić information content (AvgIpc) is 2.45. The summed E-state index contributed by atoms with van der Waals surface area (Å²) >= 11 is 3.29. The molecule has 0 spiro atoms. The molecular weight excluding hydrogens is 272 g/mol. The van der Waals surface area contributed by atoms with Crippen molar-refractivity contribution < 1.29 is 5.11 Å². The lowest BCUT2D eigenvalue weighted by molar-refractivity contribution is 0.0472. The van der Waals surface area contributed by atoms with Crippen molar-refractivity contribution in [2.24, 2.45) is 13.0 Å². The van der Waals surface area contributed by atoms with E-state index in [-0.39, 0.29) is 0 Å². The zero-order chi connectivity index (χ0) is 12.3. The molecule has 0 aliphatic carbocycles. The highest BCUT2D eigenvalue weighted by atomic mass is 79.9. The SMILES string of the molecule is CC(C)CNCC(C)(O)c1c(Br)nnn1C. The second kappa shape index (κ2) is 5.25. The summed E-state index contributed by atoms with van der Waals surface area (Å²) in [5.74, 6) is 0.559. The molecular formula is C10H19BrN4O. The lowest BCUT2D eigenvalue weighted by Gasteiger charge is -2.24. The summed E-state index contributed by atoms with van der Waals surface area (Å²) in [5.41, 5.74) is -0.296. The number of nitrogens with one attached hydrogen (secondary N) is 1. The first-order chi connectivity index (χ1) is 7.34. The van der Waals surface area contributed by atoms with Crippen LogP contribution in [0.1, 0.15) is 26.5 Å². The Hall–Kier alpha value is -0.460. The van der Waals surface area contributed by atoms with Crippen LogP contribution >= 0.6 is 15.9 Å². The minimum atomic E-state index is -0.980. The Morgan fingerprint density at radius 1 is 1.56 bits per heavy atom. The van der Waals surface area contributed by atoms with Crippen molar-refractivity contribution in [2.75, 3.05) is 13.1 Å². The molecule has 1 atom stereocenters. The molecule has 2 N–H and O–H groups in total. The summed E-state index contributed by atoms with van der Waals surface area (Å²) in [7, 11) is 1.77. The van der Waals surface area contributed by atoms with Gasteiger partial charge < -0.3 is 10.4 Å². The van der Waals surface area contributed by atoms with Crippen molar-refractivity contribution >= 4 is 15.9 Å². The van der Waals surface area contributed by atoms with E-state index in [4.69, 9.17) is 0 Å². The number of hydrogen-bond donors (Lipinski definition) is 2. The van der Waals surface area contributed by atoms with Gasteiger partial charge in [-0.2, -0.15) is 0 Å². The Morgan fingerprint density at radius 3 is 2.62 bits per heavy atom. The van der Waals surface area contributed by atoms with Crippen LogP contribution in [0.2, 0.25) is 0 Å². The second-order valence-electron chi connectivity index (χ2n) is 4.65. The van der Waals surface area contributed by atoms with Crippen molar-refractivity contribution in [1.82, 2.24) is 20.3 Å². The molecule has 0 bridgehead atoms. The van der Waals surface area contributed by atoms with Gasteiger partial charge in [0.15, 0.2) is 4.60 Å². The third-order valence-electron chi connectivity index (χ3n) is 2.32. The monoisotopic (exact) mass is 290 g/mol. The smallest absolute Gasteiger partial charge is 0.154 e. The lowest BCUT2D eigenvalue weighted by Crippen LogP contribution is -2.38. The van der Waals surface area contributed by atoms with Crippen molar-refractivity contribution in [3.05, 3.63) is 10.3 Å². The van der Waals surface area contributed by atoms with Gasteiger partial charge >= 0.3 is 0 Å². The fraction of sp³-hybridized carbons (Fsp3) is 0.800. The molecule has 0 aromatic carbocycles. The van der Waals surface area contributed by atoms with Gasteiger partial charge in [0.2, 0.25) is 0 Å². The van der Waals surface area contributed by atoms with Gasteiger partial charge in [0.1, 0.15) is 11.3 Å². The highest BCUT2D eigenvalue weighted by Gasteiger charge is 2.29. The molecule has 1 aromatic rings. The lowest BCUT2D eigenvalue weighted by atomic mass is 10.0. The largest absolute Gasteiger partial charge is 0.382 e. The standard InChI is InChI=1S/C10H19BrN4O/c1-7(2)5-12-6-10(3,16)8-9(11)13-14-15(8)4/h7,12,16H,5-6H2,1-4H3. The molecule has 0 fully saturated rings. The normalized spacial score (nSPS) is 15.4. The molecule has 0 aliphatic rings. The van der Waals surface area contributed by atoms with Gasteiger partial charge in [0.05, 0.1) is 0 Å². The van der Waals surface area contributed by atoms with Gasteiger partial charge in [-0.3, -0.25) is 0 Å². The fourth-order valence-corrected chi connectivity index (χ4v) is 2.35. The predicted octanol–water partition coefficient (Wildman–Crippen LogP) is 1.03. The second-order valence-corrected chi connectivity index (χ2v) is 5.40. The number of aromatic nitrogens is 3. The molecule has 0 saturated heterocycles. The quantitative estimate of drug-likeness (QED) is 0.850. The Kier molecular flexibility index (Phi) is 4.46. The Labute approximate surface area is 104 Å². The summed E-state index contributed by atoms with van der Waals surface area (Å²) in [6, 6.07) is 0. The zero-order valence-electron chi connectivity index (χ0n) is 10.2. The molecule has 92 valence electrons. The van der Waals surface area contributed by atoms with Gasteiger partial charge in [0, 0.05) is 13.6 Å². The fourth-order valence-electron chi connectivity index (χ4n) is 1.59. The summed E-state index contributed by atoms with van der Waals surface area (Å²) in [5, 5.41) is 21.3. The highest BCUT2D eigenvalue weighted by molar-refractivity contribution is 9.10. The molecule has 5 nitrogen and oxygen atoms in total. The molecule has 0 aliphatic heterocycles. The maximum Gasteiger partial charge on any atom is 0.154 e. The number of aliphatic hydroxyl groups is 1. The van der Waals surface area contributed by atoms with Crippen molar-refractivity contribution in [3.63, 3.8) is 0 Å². The Morgan fingerprint density at radius 2 is 2.19 bits per heavy atom. The van der Waals surface area contributed by atoms with E-state index in [1.807, 2.05) is 0 Å². The molecule has 16 heavy (non-hydrogen) atoms. The van der Waals surface area contributed by atoms with Crippen LogP contribution < -0.4 is 5.32 Å². The predicted molar refractivity (Wildman–Crippen MR) is 66.0 cm³/mol. The van der Waals surface area contributed by atoms with E-state index in [9.17, 15) is 5.11 Å². The first kappa shape index (κ1) is 13.6. The number of aryl methyl sites for hydroxylation is 1.